The molecule has 0 aliphatic heterocycles. The van der Waals surface area contributed by atoms with Crippen LogP contribution in [-0.4, -0.2) is 29.6 Å². The van der Waals surface area contributed by atoms with Gasteiger partial charge >= 0.3 is 6.18 Å². The smallest absolute Gasteiger partial charge is 0.284 e. The lowest BCUT2D eigenvalue weighted by molar-refractivity contribution is -0.136. The molecule has 27 heavy (non-hydrogen) atoms. The van der Waals surface area contributed by atoms with Crippen LogP contribution in [0.25, 0.3) is 5.65 Å². The van der Waals surface area contributed by atoms with E-state index >= 15 is 0 Å². The van der Waals surface area contributed by atoms with E-state index in [2.05, 4.69) is 14.9 Å². The van der Waals surface area contributed by atoms with Crippen LogP contribution in [0.15, 0.2) is 41.4 Å². The monoisotopic (exact) mass is 422 g/mol. The van der Waals surface area contributed by atoms with Gasteiger partial charge in [-0.05, 0) is 18.2 Å². The predicted molar refractivity (Wildman–Crippen MR) is 88.3 cm³/mol. The molecular weight excluding hydrogens is 412 g/mol. The van der Waals surface area contributed by atoms with Crippen molar-refractivity contribution in [1.29, 1.82) is 0 Å². The van der Waals surface area contributed by atoms with E-state index in [1.165, 1.54) is 18.3 Å². The number of nitrogens with one attached hydrogen (secondary N) is 1. The average molecular weight is 423 g/mol. The van der Waals surface area contributed by atoms with Crippen LogP contribution in [-0.2, 0) is 22.6 Å². The quantitative estimate of drug-likeness (QED) is 0.641. The van der Waals surface area contributed by atoms with Crippen LogP contribution in [0.5, 0.6) is 0 Å². The lowest BCUT2D eigenvalue weighted by Gasteiger charge is -2.09. The second kappa shape index (κ2) is 7.06. The summed E-state index contributed by atoms with van der Waals surface area (Å²) in [5.74, 6) is -0.853. The summed E-state index contributed by atoms with van der Waals surface area (Å²) in [6.07, 6.45) is -3.57. The number of benzene rings is 1. The molecule has 0 aliphatic rings. The largest absolute Gasteiger partial charge is 0.420 e. The highest BCUT2D eigenvalue weighted by atomic mass is 35.5. The first kappa shape index (κ1) is 19.5. The van der Waals surface area contributed by atoms with Crippen molar-refractivity contribution in [2.75, 3.05) is 6.54 Å². The number of rotatable bonds is 5. The molecule has 3 rings (SSSR count). The van der Waals surface area contributed by atoms with Crippen LogP contribution in [0.1, 0.15) is 11.4 Å². The van der Waals surface area contributed by atoms with Gasteiger partial charge in [-0.3, -0.25) is 4.40 Å². The van der Waals surface area contributed by atoms with E-state index in [4.69, 9.17) is 11.6 Å². The minimum Gasteiger partial charge on any atom is -0.284 e. The van der Waals surface area contributed by atoms with Gasteiger partial charge in [0.05, 0.1) is 5.02 Å². The number of hydrogen-bond acceptors (Lipinski definition) is 4. The molecule has 12 heteroatoms. The highest BCUT2D eigenvalue weighted by molar-refractivity contribution is 7.89. The number of alkyl halides is 3. The van der Waals surface area contributed by atoms with E-state index < -0.39 is 38.1 Å². The molecular formula is C15H11ClF4N4O2S. The van der Waals surface area contributed by atoms with Crippen LogP contribution in [0.4, 0.5) is 17.6 Å². The number of fused-ring (bicyclic) bond motifs is 1. The number of nitrogens with zero attached hydrogens (tertiary/aromatic N) is 3. The van der Waals surface area contributed by atoms with Crippen molar-refractivity contribution >= 4 is 27.3 Å². The van der Waals surface area contributed by atoms with Crippen molar-refractivity contribution in [2.45, 2.75) is 17.5 Å². The molecule has 0 saturated heterocycles. The van der Waals surface area contributed by atoms with Crippen molar-refractivity contribution in [1.82, 2.24) is 19.3 Å². The van der Waals surface area contributed by atoms with Gasteiger partial charge in [-0.2, -0.15) is 13.2 Å². The number of aromatic nitrogens is 3. The highest BCUT2D eigenvalue weighted by Crippen LogP contribution is 2.33. The van der Waals surface area contributed by atoms with Gasteiger partial charge in [0.25, 0.3) is 0 Å². The molecule has 0 spiro atoms. The summed E-state index contributed by atoms with van der Waals surface area (Å²) >= 11 is 5.73. The predicted octanol–water partition coefficient (Wildman–Crippen LogP) is 3.06. The van der Waals surface area contributed by atoms with Gasteiger partial charge in [0, 0.05) is 19.2 Å². The van der Waals surface area contributed by atoms with Crippen LogP contribution in [0, 0.1) is 5.82 Å². The molecule has 2 heterocycles. The molecule has 2 aromatic heterocycles. The Morgan fingerprint density at radius 2 is 1.89 bits per heavy atom. The zero-order chi connectivity index (χ0) is 19.8. The number of pyridine rings is 1. The van der Waals surface area contributed by atoms with E-state index in [0.717, 1.165) is 22.6 Å². The van der Waals surface area contributed by atoms with Gasteiger partial charge in [-0.15, -0.1) is 10.2 Å². The SMILES string of the molecule is O=S(=O)(NCCc1nnc2c(C(F)(F)F)cc(Cl)cn12)c1ccccc1F. The Labute approximate surface area is 155 Å². The molecule has 0 saturated carbocycles. The number of halogens is 5. The summed E-state index contributed by atoms with van der Waals surface area (Å²) in [4.78, 5) is -0.529. The van der Waals surface area contributed by atoms with Crippen LogP contribution in [0.3, 0.4) is 0 Å². The third-order valence-corrected chi connectivity index (χ3v) is 5.32. The maximum atomic E-state index is 13.6. The molecule has 0 radical (unpaired) electrons. The van der Waals surface area contributed by atoms with Crippen molar-refractivity contribution in [3.05, 3.63) is 58.8 Å². The zero-order valence-electron chi connectivity index (χ0n) is 13.3. The molecule has 0 fully saturated rings. The number of hydrogen-bond donors (Lipinski definition) is 1. The third kappa shape index (κ3) is 4.04. The van der Waals surface area contributed by atoms with Crippen LogP contribution >= 0.6 is 11.6 Å². The van der Waals surface area contributed by atoms with E-state index in [9.17, 15) is 26.0 Å². The van der Waals surface area contributed by atoms with Gasteiger partial charge in [0.1, 0.15) is 22.1 Å². The molecule has 0 amide bonds. The Kier molecular flexibility index (Phi) is 5.10. The number of sulfonamides is 1. The Hall–Kier alpha value is -2.24. The highest BCUT2D eigenvalue weighted by Gasteiger charge is 2.35. The molecule has 0 aliphatic carbocycles. The van der Waals surface area contributed by atoms with Gasteiger partial charge in [0.15, 0.2) is 5.65 Å². The van der Waals surface area contributed by atoms with Gasteiger partial charge in [-0.25, -0.2) is 17.5 Å². The standard InChI is InChI=1S/C15H11ClF4N4O2S/c16-9-7-10(15(18,19)20)14-23-22-13(24(14)8-9)5-6-21-27(25,26)12-4-2-1-3-11(12)17/h1-4,7-8,21H,5-6H2. The fourth-order valence-corrected chi connectivity index (χ4v) is 3.74. The van der Waals surface area contributed by atoms with Gasteiger partial charge in [-0.1, -0.05) is 23.7 Å². The summed E-state index contributed by atoms with van der Waals surface area (Å²) in [5.41, 5.74) is -1.50. The zero-order valence-corrected chi connectivity index (χ0v) is 14.9. The van der Waals surface area contributed by atoms with E-state index in [0.29, 0.717) is 0 Å². The second-order valence-electron chi connectivity index (χ2n) is 5.46. The topological polar surface area (TPSA) is 76.4 Å². The Morgan fingerprint density at radius 1 is 1.19 bits per heavy atom. The average Bonchev–Trinajstić information content (AvgIpc) is 2.96. The molecule has 0 atom stereocenters. The van der Waals surface area contributed by atoms with Crippen LogP contribution < -0.4 is 4.72 Å². The summed E-state index contributed by atoms with van der Waals surface area (Å²) < 4.78 is 80.3. The second-order valence-corrected chi connectivity index (χ2v) is 7.63. The molecule has 144 valence electrons. The molecule has 0 unspecified atom stereocenters. The Morgan fingerprint density at radius 3 is 2.56 bits per heavy atom. The summed E-state index contributed by atoms with van der Waals surface area (Å²) in [5, 5.41) is 7.00. The van der Waals surface area contributed by atoms with E-state index in [1.807, 2.05) is 0 Å². The Bertz CT molecular complexity index is 1100. The fourth-order valence-electron chi connectivity index (χ4n) is 2.42. The third-order valence-electron chi connectivity index (χ3n) is 3.61. The molecule has 6 nitrogen and oxygen atoms in total. The maximum Gasteiger partial charge on any atom is 0.420 e. The summed E-state index contributed by atoms with van der Waals surface area (Å²) in [6, 6.07) is 5.54. The van der Waals surface area contributed by atoms with Crippen LogP contribution in [0.2, 0.25) is 5.02 Å². The first-order chi connectivity index (χ1) is 12.6. The first-order valence-electron chi connectivity index (χ1n) is 7.44. The molecule has 1 aromatic carbocycles. The van der Waals surface area contributed by atoms with Crippen molar-refractivity contribution < 1.29 is 26.0 Å². The van der Waals surface area contributed by atoms with Gasteiger partial charge in [0.2, 0.25) is 10.0 Å². The Balaban J connectivity index is 1.82. The lowest BCUT2D eigenvalue weighted by atomic mass is 10.2. The molecule has 0 bridgehead atoms. The van der Waals surface area contributed by atoms with Crippen molar-refractivity contribution in [2.24, 2.45) is 0 Å². The fraction of sp³-hybridized carbons (Fsp3) is 0.200. The van der Waals surface area contributed by atoms with Crippen molar-refractivity contribution in [3.63, 3.8) is 0 Å². The minimum absolute atomic E-state index is 0.0641. The summed E-state index contributed by atoms with van der Waals surface area (Å²) in [7, 11) is -4.13. The van der Waals surface area contributed by atoms with Gasteiger partial charge < -0.3 is 0 Å². The first-order valence-corrected chi connectivity index (χ1v) is 9.30. The van der Waals surface area contributed by atoms with E-state index in [1.54, 1.807) is 0 Å². The maximum absolute atomic E-state index is 13.6. The molecule has 1 N–H and O–H groups in total. The normalized spacial score (nSPS) is 12.6. The summed E-state index contributed by atoms with van der Waals surface area (Å²) in [6.45, 7) is -0.231. The molecule has 3 aromatic rings. The van der Waals surface area contributed by atoms with Crippen molar-refractivity contribution in [3.8, 4) is 0 Å². The minimum atomic E-state index is -4.68. The van der Waals surface area contributed by atoms with E-state index in [-0.39, 0.29) is 23.8 Å². The lowest BCUT2D eigenvalue weighted by Crippen LogP contribution is -2.27.